The van der Waals surface area contributed by atoms with Crippen LogP contribution in [0.1, 0.15) is 79.3 Å². The number of pyridine rings is 1. The topological polar surface area (TPSA) is 33.1 Å². The van der Waals surface area contributed by atoms with Crippen LogP contribution in [0.25, 0.3) is 5.69 Å². The molecule has 0 amide bonds. The number of aryl methyl sites for hydroxylation is 2. The molecule has 0 bridgehead atoms. The van der Waals surface area contributed by atoms with E-state index in [-0.39, 0.29) is 12.1 Å². The molecule has 3 heterocycles. The second kappa shape index (κ2) is 9.30. The number of aromatic nitrogens is 2. The molecule has 0 spiro atoms. The van der Waals surface area contributed by atoms with Gasteiger partial charge in [-0.15, -0.1) is 0 Å². The number of benzene rings is 1. The summed E-state index contributed by atoms with van der Waals surface area (Å²) < 4.78 is 2.43. The van der Waals surface area contributed by atoms with Crippen LogP contribution in [-0.4, -0.2) is 25.6 Å². The summed E-state index contributed by atoms with van der Waals surface area (Å²) in [5.74, 6) is 0. The van der Waals surface area contributed by atoms with Crippen LogP contribution >= 0.6 is 12.2 Å². The number of thiocarbonyl (C=S) groups is 1. The molecule has 1 aliphatic heterocycles. The van der Waals surface area contributed by atoms with Gasteiger partial charge in [0.25, 0.3) is 0 Å². The van der Waals surface area contributed by atoms with Crippen molar-refractivity contribution in [1.82, 2.24) is 19.8 Å². The van der Waals surface area contributed by atoms with Crippen LogP contribution in [0, 0.1) is 13.8 Å². The first kappa shape index (κ1) is 22.1. The standard InChI is InChI=1S/C28H34N4S/c1-4-21-12-8-9-16-25(21)31-19(2)18-23(20(31)3)27-26(24-15-10-11-17-29-24)30-28(33)32(27)22-13-6-5-7-14-22/h8-12,15-18,22,26-27H,4-7,13-14H2,1-3H3,(H,30,33)/t26-,27+/m1/s1. The van der Waals surface area contributed by atoms with E-state index in [1.54, 1.807) is 0 Å². The van der Waals surface area contributed by atoms with E-state index < -0.39 is 0 Å². The maximum atomic E-state index is 5.97. The fourth-order valence-electron chi connectivity index (χ4n) is 5.94. The largest absolute Gasteiger partial charge is 0.352 e. The maximum Gasteiger partial charge on any atom is 0.170 e. The summed E-state index contributed by atoms with van der Waals surface area (Å²) in [6.45, 7) is 6.73. The van der Waals surface area contributed by atoms with E-state index in [1.807, 2.05) is 12.3 Å². The van der Waals surface area contributed by atoms with Crippen molar-refractivity contribution in [3.63, 3.8) is 0 Å². The van der Waals surface area contributed by atoms with Crippen molar-refractivity contribution in [3.8, 4) is 5.69 Å². The first-order chi connectivity index (χ1) is 16.1. The molecule has 1 saturated heterocycles. The van der Waals surface area contributed by atoms with Gasteiger partial charge in [-0.05, 0) is 80.7 Å². The highest BCUT2D eigenvalue weighted by molar-refractivity contribution is 7.80. The molecule has 0 radical (unpaired) electrons. The van der Waals surface area contributed by atoms with E-state index in [9.17, 15) is 0 Å². The van der Waals surface area contributed by atoms with E-state index in [1.165, 1.54) is 60.3 Å². The molecule has 1 saturated carbocycles. The van der Waals surface area contributed by atoms with Crippen molar-refractivity contribution in [2.75, 3.05) is 0 Å². The van der Waals surface area contributed by atoms with Gasteiger partial charge in [0.1, 0.15) is 0 Å². The number of hydrogen-bond acceptors (Lipinski definition) is 2. The SMILES string of the molecule is CCc1ccccc1-n1c(C)cc([C@H]2[C@@H](c3ccccn3)NC(=S)N2C2CCCCC2)c1C. The first-order valence-corrected chi connectivity index (χ1v) is 12.8. The zero-order chi connectivity index (χ0) is 22.9. The Labute approximate surface area is 203 Å². The van der Waals surface area contributed by atoms with Gasteiger partial charge in [-0.25, -0.2) is 0 Å². The summed E-state index contributed by atoms with van der Waals surface area (Å²) >= 11 is 5.97. The lowest BCUT2D eigenvalue weighted by Crippen LogP contribution is -2.40. The van der Waals surface area contributed by atoms with Crippen LogP contribution in [0.3, 0.4) is 0 Å². The Morgan fingerprint density at radius 3 is 2.52 bits per heavy atom. The van der Waals surface area contributed by atoms with Crippen LogP contribution in [0.2, 0.25) is 0 Å². The van der Waals surface area contributed by atoms with Gasteiger partial charge in [-0.2, -0.15) is 0 Å². The van der Waals surface area contributed by atoms with Crippen molar-refractivity contribution in [2.24, 2.45) is 0 Å². The summed E-state index contributed by atoms with van der Waals surface area (Å²) in [5, 5.41) is 4.55. The average molecular weight is 459 g/mol. The fourth-order valence-corrected chi connectivity index (χ4v) is 6.33. The Bertz CT molecular complexity index is 1130. The highest BCUT2D eigenvalue weighted by Gasteiger charge is 2.44. The van der Waals surface area contributed by atoms with Gasteiger partial charge in [-0.1, -0.05) is 50.5 Å². The molecule has 5 heteroatoms. The summed E-state index contributed by atoms with van der Waals surface area (Å²) in [5.41, 5.74) is 7.63. The zero-order valence-electron chi connectivity index (χ0n) is 19.9. The molecule has 172 valence electrons. The molecule has 2 fully saturated rings. The molecule has 1 N–H and O–H groups in total. The van der Waals surface area contributed by atoms with Crippen LogP contribution in [0.4, 0.5) is 0 Å². The lowest BCUT2D eigenvalue weighted by molar-refractivity contribution is 0.197. The summed E-state index contributed by atoms with van der Waals surface area (Å²) in [6.07, 6.45) is 9.24. The third-order valence-corrected chi connectivity index (χ3v) is 7.83. The minimum absolute atomic E-state index is 0.0518. The van der Waals surface area contributed by atoms with E-state index in [0.29, 0.717) is 6.04 Å². The molecule has 2 aliphatic rings. The van der Waals surface area contributed by atoms with Gasteiger partial charge in [0.15, 0.2) is 5.11 Å². The molecular formula is C28H34N4S. The molecule has 5 rings (SSSR count). The summed E-state index contributed by atoms with van der Waals surface area (Å²) in [4.78, 5) is 7.26. The Hall–Kier alpha value is -2.66. The number of hydrogen-bond donors (Lipinski definition) is 1. The average Bonchev–Trinajstić information content (AvgIpc) is 3.35. The van der Waals surface area contributed by atoms with Gasteiger partial charge in [-0.3, -0.25) is 4.98 Å². The number of para-hydroxylation sites is 1. The van der Waals surface area contributed by atoms with Crippen molar-refractivity contribution in [2.45, 2.75) is 77.4 Å². The Morgan fingerprint density at radius 2 is 1.79 bits per heavy atom. The highest BCUT2D eigenvalue weighted by atomic mass is 32.1. The second-order valence-electron chi connectivity index (χ2n) is 9.47. The van der Waals surface area contributed by atoms with E-state index in [4.69, 9.17) is 17.2 Å². The van der Waals surface area contributed by atoms with Crippen molar-refractivity contribution in [3.05, 3.63) is 82.9 Å². The lowest BCUT2D eigenvalue weighted by atomic mass is 9.90. The van der Waals surface area contributed by atoms with Gasteiger partial charge >= 0.3 is 0 Å². The van der Waals surface area contributed by atoms with Crippen molar-refractivity contribution < 1.29 is 0 Å². The Kier molecular flexibility index (Phi) is 6.24. The number of nitrogens with zero attached hydrogens (tertiary/aromatic N) is 3. The smallest absolute Gasteiger partial charge is 0.170 e. The molecule has 1 aromatic carbocycles. The lowest BCUT2D eigenvalue weighted by Gasteiger charge is -2.37. The van der Waals surface area contributed by atoms with Gasteiger partial charge in [0.2, 0.25) is 0 Å². The van der Waals surface area contributed by atoms with E-state index in [0.717, 1.165) is 17.2 Å². The third-order valence-electron chi connectivity index (χ3n) is 7.51. The molecular weight excluding hydrogens is 424 g/mol. The van der Waals surface area contributed by atoms with Gasteiger partial charge in [0, 0.05) is 29.3 Å². The predicted molar refractivity (Wildman–Crippen MR) is 139 cm³/mol. The minimum atomic E-state index is 0.0518. The fraction of sp³-hybridized carbons (Fsp3) is 0.429. The van der Waals surface area contributed by atoms with Crippen molar-refractivity contribution >= 4 is 17.3 Å². The second-order valence-corrected chi connectivity index (χ2v) is 9.86. The molecule has 2 atom stereocenters. The molecule has 3 aromatic rings. The van der Waals surface area contributed by atoms with Crippen molar-refractivity contribution in [1.29, 1.82) is 0 Å². The maximum absolute atomic E-state index is 5.97. The minimum Gasteiger partial charge on any atom is -0.352 e. The number of rotatable bonds is 5. The van der Waals surface area contributed by atoms with E-state index >= 15 is 0 Å². The third kappa shape index (κ3) is 3.97. The molecule has 4 nitrogen and oxygen atoms in total. The van der Waals surface area contributed by atoms with Crippen LogP contribution in [0.15, 0.2) is 54.7 Å². The predicted octanol–water partition coefficient (Wildman–Crippen LogP) is 6.36. The zero-order valence-corrected chi connectivity index (χ0v) is 20.7. The molecule has 2 aromatic heterocycles. The Morgan fingerprint density at radius 1 is 1.03 bits per heavy atom. The van der Waals surface area contributed by atoms with Crippen LogP contribution in [-0.2, 0) is 6.42 Å². The highest BCUT2D eigenvalue weighted by Crippen LogP contribution is 2.44. The molecule has 1 aliphatic carbocycles. The van der Waals surface area contributed by atoms with Gasteiger partial charge in [0.05, 0.1) is 17.8 Å². The Balaban J connectivity index is 1.64. The summed E-state index contributed by atoms with van der Waals surface area (Å²) in [7, 11) is 0. The monoisotopic (exact) mass is 458 g/mol. The first-order valence-electron chi connectivity index (χ1n) is 12.4. The van der Waals surface area contributed by atoms with Crippen LogP contribution in [0.5, 0.6) is 0 Å². The molecule has 33 heavy (non-hydrogen) atoms. The normalized spacial score (nSPS) is 21.4. The van der Waals surface area contributed by atoms with Crippen LogP contribution < -0.4 is 5.32 Å². The number of nitrogens with one attached hydrogen (secondary N) is 1. The van der Waals surface area contributed by atoms with Gasteiger partial charge < -0.3 is 14.8 Å². The molecule has 0 unspecified atom stereocenters. The summed E-state index contributed by atoms with van der Waals surface area (Å²) in [6, 6.07) is 18.0. The van der Waals surface area contributed by atoms with E-state index in [2.05, 4.69) is 78.0 Å². The quantitative estimate of drug-likeness (QED) is 0.451.